The molecule has 0 aromatic heterocycles. The molecule has 0 saturated heterocycles. The molecular weight excluding hydrogens is 288 g/mol. The number of carbonyl (C=O) groups excluding carboxylic acids is 1. The van der Waals surface area contributed by atoms with Crippen LogP contribution < -0.4 is 4.74 Å². The highest BCUT2D eigenvalue weighted by Gasteiger charge is 2.21. The van der Waals surface area contributed by atoms with Gasteiger partial charge in [-0.25, -0.2) is 0 Å². The van der Waals surface area contributed by atoms with Crippen LogP contribution >= 0.6 is 0 Å². The van der Waals surface area contributed by atoms with E-state index in [1.807, 2.05) is 11.9 Å². The highest BCUT2D eigenvalue weighted by Crippen LogP contribution is 2.22. The average Bonchev–Trinajstić information content (AvgIpc) is 2.77. The zero-order chi connectivity index (χ0) is 15.9. The van der Waals surface area contributed by atoms with Crippen molar-refractivity contribution in [3.05, 3.63) is 29.8 Å². The number of hydrogen-bond acceptors (Lipinski definition) is 2. The number of carbonyl (C=O) groups is 1. The van der Waals surface area contributed by atoms with Crippen LogP contribution in [0.2, 0.25) is 0 Å². The smallest absolute Gasteiger partial charge is 0.387 e. The fourth-order valence-corrected chi connectivity index (χ4v) is 2.94. The number of alkyl halides is 2. The van der Waals surface area contributed by atoms with Crippen LogP contribution in [-0.4, -0.2) is 30.5 Å². The molecule has 0 radical (unpaired) electrons. The van der Waals surface area contributed by atoms with E-state index in [4.69, 9.17) is 0 Å². The first-order valence-corrected chi connectivity index (χ1v) is 7.85. The van der Waals surface area contributed by atoms with Gasteiger partial charge in [0.1, 0.15) is 5.75 Å². The number of halogens is 2. The van der Waals surface area contributed by atoms with Gasteiger partial charge in [0.25, 0.3) is 0 Å². The summed E-state index contributed by atoms with van der Waals surface area (Å²) < 4.78 is 28.5. The van der Waals surface area contributed by atoms with Gasteiger partial charge in [0, 0.05) is 13.1 Å². The van der Waals surface area contributed by atoms with Gasteiger partial charge in [-0.2, -0.15) is 8.78 Å². The van der Waals surface area contributed by atoms with Crippen LogP contribution in [0.1, 0.15) is 44.1 Å². The van der Waals surface area contributed by atoms with Crippen molar-refractivity contribution in [2.75, 3.05) is 7.05 Å². The summed E-state index contributed by atoms with van der Waals surface area (Å²) in [4.78, 5) is 14.2. The monoisotopic (exact) mass is 311 g/mol. The number of likely N-dealkylation sites (N-methyl/N-ethyl adjacent to an activating group) is 1. The molecule has 0 N–H and O–H groups in total. The normalized spacial score (nSPS) is 16.4. The number of nitrogens with zero attached hydrogens (tertiary/aromatic N) is 1. The van der Waals surface area contributed by atoms with Crippen LogP contribution in [0.25, 0.3) is 0 Å². The van der Waals surface area contributed by atoms with Crippen LogP contribution in [0, 0.1) is 0 Å². The minimum Gasteiger partial charge on any atom is -0.435 e. The molecule has 1 fully saturated rings. The van der Waals surface area contributed by atoms with Gasteiger partial charge >= 0.3 is 6.61 Å². The summed E-state index contributed by atoms with van der Waals surface area (Å²) in [7, 11) is 1.87. The van der Waals surface area contributed by atoms with Gasteiger partial charge in [-0.1, -0.05) is 37.8 Å². The third-order valence-electron chi connectivity index (χ3n) is 4.27. The third-order valence-corrected chi connectivity index (χ3v) is 4.27. The summed E-state index contributed by atoms with van der Waals surface area (Å²) in [6.07, 6.45) is 7.31. The first-order valence-electron chi connectivity index (χ1n) is 7.85. The standard InChI is InChI=1S/C17H23F2NO2/c1-20(14-6-4-2-3-5-7-14)16(21)12-13-8-10-15(11-9-13)22-17(18)19/h8-11,14,17H,2-7,12H2,1H3. The first kappa shape index (κ1) is 16.7. The Labute approximate surface area is 130 Å². The summed E-state index contributed by atoms with van der Waals surface area (Å²) in [5, 5.41) is 0. The van der Waals surface area contributed by atoms with E-state index < -0.39 is 6.61 Å². The van der Waals surface area contributed by atoms with Gasteiger partial charge in [-0.05, 0) is 30.5 Å². The third kappa shape index (κ3) is 4.97. The molecule has 1 aliphatic rings. The predicted molar refractivity (Wildman–Crippen MR) is 81.0 cm³/mol. The first-order chi connectivity index (χ1) is 10.6. The molecule has 1 aromatic carbocycles. The zero-order valence-corrected chi connectivity index (χ0v) is 12.9. The van der Waals surface area contributed by atoms with Crippen molar-refractivity contribution in [1.82, 2.24) is 4.90 Å². The topological polar surface area (TPSA) is 29.5 Å². The molecule has 2 rings (SSSR count). The number of amides is 1. The zero-order valence-electron chi connectivity index (χ0n) is 12.9. The predicted octanol–water partition coefficient (Wildman–Crippen LogP) is 4.01. The summed E-state index contributed by atoms with van der Waals surface area (Å²) in [5.41, 5.74) is 0.812. The maximum atomic E-state index is 12.4. The second kappa shape index (κ2) is 8.11. The van der Waals surface area contributed by atoms with Crippen molar-refractivity contribution in [2.45, 2.75) is 57.6 Å². The Balaban J connectivity index is 1.90. The van der Waals surface area contributed by atoms with Crippen LogP contribution in [0.3, 0.4) is 0 Å². The Morgan fingerprint density at radius 2 is 1.77 bits per heavy atom. The quantitative estimate of drug-likeness (QED) is 0.769. The molecule has 0 spiro atoms. The van der Waals surface area contributed by atoms with Gasteiger partial charge in [0.05, 0.1) is 6.42 Å². The molecule has 1 saturated carbocycles. The van der Waals surface area contributed by atoms with E-state index in [1.54, 1.807) is 12.1 Å². The van der Waals surface area contributed by atoms with Crippen molar-refractivity contribution in [2.24, 2.45) is 0 Å². The van der Waals surface area contributed by atoms with Crippen LogP contribution in [0.15, 0.2) is 24.3 Å². The van der Waals surface area contributed by atoms with Gasteiger partial charge < -0.3 is 9.64 Å². The van der Waals surface area contributed by atoms with E-state index >= 15 is 0 Å². The van der Waals surface area contributed by atoms with Gasteiger partial charge in [-0.15, -0.1) is 0 Å². The highest BCUT2D eigenvalue weighted by atomic mass is 19.3. The fourth-order valence-electron chi connectivity index (χ4n) is 2.94. The SMILES string of the molecule is CN(C(=O)Cc1ccc(OC(F)F)cc1)C1CCCCCC1. The molecule has 0 heterocycles. The molecular formula is C17H23F2NO2. The van der Waals surface area contributed by atoms with Crippen LogP contribution in [0.4, 0.5) is 8.78 Å². The Morgan fingerprint density at radius 1 is 1.18 bits per heavy atom. The summed E-state index contributed by atoms with van der Waals surface area (Å²) in [6, 6.07) is 6.60. The average molecular weight is 311 g/mol. The number of benzene rings is 1. The van der Waals surface area contributed by atoms with Crippen molar-refractivity contribution >= 4 is 5.91 Å². The Kier molecular flexibility index (Phi) is 6.16. The Bertz CT molecular complexity index is 468. The number of rotatable bonds is 5. The molecule has 0 aliphatic heterocycles. The Hall–Kier alpha value is -1.65. The minimum absolute atomic E-state index is 0.0782. The van der Waals surface area contributed by atoms with E-state index in [9.17, 15) is 13.6 Å². The molecule has 1 amide bonds. The summed E-state index contributed by atoms with van der Waals surface area (Å²) in [6.45, 7) is -2.83. The number of ether oxygens (including phenoxy) is 1. The molecule has 5 heteroatoms. The lowest BCUT2D eigenvalue weighted by Gasteiger charge is -2.27. The maximum Gasteiger partial charge on any atom is 0.387 e. The van der Waals surface area contributed by atoms with Crippen LogP contribution in [0.5, 0.6) is 5.75 Å². The maximum absolute atomic E-state index is 12.4. The molecule has 0 atom stereocenters. The lowest BCUT2D eigenvalue weighted by Crippen LogP contribution is -2.37. The highest BCUT2D eigenvalue weighted by molar-refractivity contribution is 5.78. The molecule has 22 heavy (non-hydrogen) atoms. The number of hydrogen-bond donors (Lipinski definition) is 0. The largest absolute Gasteiger partial charge is 0.435 e. The van der Waals surface area contributed by atoms with Crippen molar-refractivity contribution in [3.8, 4) is 5.75 Å². The molecule has 0 bridgehead atoms. The van der Waals surface area contributed by atoms with E-state index in [2.05, 4.69) is 4.74 Å². The van der Waals surface area contributed by atoms with Crippen molar-refractivity contribution in [1.29, 1.82) is 0 Å². The molecule has 1 aromatic rings. The molecule has 0 unspecified atom stereocenters. The second-order valence-electron chi connectivity index (χ2n) is 5.85. The summed E-state index contributed by atoms with van der Waals surface area (Å²) >= 11 is 0. The lowest BCUT2D eigenvalue weighted by atomic mass is 10.1. The van der Waals surface area contributed by atoms with Gasteiger partial charge in [0.15, 0.2) is 0 Å². The minimum atomic E-state index is -2.83. The van der Waals surface area contributed by atoms with E-state index in [1.165, 1.54) is 37.8 Å². The molecule has 122 valence electrons. The van der Waals surface area contributed by atoms with Crippen molar-refractivity contribution < 1.29 is 18.3 Å². The molecule has 3 nitrogen and oxygen atoms in total. The molecule has 1 aliphatic carbocycles. The van der Waals surface area contributed by atoms with Crippen molar-refractivity contribution in [3.63, 3.8) is 0 Å². The fraction of sp³-hybridized carbons (Fsp3) is 0.588. The van der Waals surface area contributed by atoms with E-state index in [0.29, 0.717) is 12.5 Å². The van der Waals surface area contributed by atoms with Gasteiger partial charge in [0.2, 0.25) is 5.91 Å². The summed E-state index contributed by atoms with van der Waals surface area (Å²) in [5.74, 6) is 0.192. The van der Waals surface area contributed by atoms with E-state index in [-0.39, 0.29) is 11.7 Å². The van der Waals surface area contributed by atoms with Gasteiger partial charge in [-0.3, -0.25) is 4.79 Å². The Morgan fingerprint density at radius 3 is 2.32 bits per heavy atom. The lowest BCUT2D eigenvalue weighted by molar-refractivity contribution is -0.131. The van der Waals surface area contributed by atoms with E-state index in [0.717, 1.165) is 18.4 Å². The second-order valence-corrected chi connectivity index (χ2v) is 5.85. The van der Waals surface area contributed by atoms with Crippen LogP contribution in [-0.2, 0) is 11.2 Å².